The van der Waals surface area contributed by atoms with E-state index in [1.54, 1.807) is 13.0 Å². The lowest BCUT2D eigenvalue weighted by molar-refractivity contribution is 0.457. The van der Waals surface area contributed by atoms with Gasteiger partial charge in [0.15, 0.2) is 4.67 Å². The van der Waals surface area contributed by atoms with Gasteiger partial charge >= 0.3 is 0 Å². The van der Waals surface area contributed by atoms with E-state index < -0.39 is 10.0 Å². The van der Waals surface area contributed by atoms with Crippen LogP contribution >= 0.6 is 15.9 Å². The van der Waals surface area contributed by atoms with Crippen LogP contribution in [0.4, 0.5) is 0 Å². The second-order valence-electron chi connectivity index (χ2n) is 4.75. The molecule has 20 heavy (non-hydrogen) atoms. The van der Waals surface area contributed by atoms with Gasteiger partial charge in [-0.2, -0.15) is 4.31 Å². The monoisotopic (exact) mass is 364 g/mol. The van der Waals surface area contributed by atoms with Crippen LogP contribution in [0.5, 0.6) is 0 Å². The van der Waals surface area contributed by atoms with Crippen LogP contribution in [-0.2, 0) is 16.6 Å². The van der Waals surface area contributed by atoms with E-state index in [2.05, 4.69) is 34.7 Å². The fourth-order valence-electron chi connectivity index (χ4n) is 1.68. The molecule has 0 aliphatic rings. The summed E-state index contributed by atoms with van der Waals surface area (Å²) in [6.07, 6.45) is 1.01. The Labute approximate surface area is 129 Å². The standard InChI is InChI=1S/C13H21BrN2O3S/c1-5-6-15-8-11-7-12(13(14)19-11)20(17,18)16(4)9-10(2)3/h7,15H,2,5-6,8-9H2,1,3-4H3. The first kappa shape index (κ1) is 17.4. The maximum absolute atomic E-state index is 12.4. The summed E-state index contributed by atoms with van der Waals surface area (Å²) in [7, 11) is -2.04. The number of halogens is 1. The molecular formula is C13H21BrN2O3S. The van der Waals surface area contributed by atoms with E-state index in [0.29, 0.717) is 12.3 Å². The van der Waals surface area contributed by atoms with Crippen molar-refractivity contribution in [2.45, 2.75) is 31.7 Å². The minimum atomic E-state index is -3.57. The molecule has 0 amide bonds. The molecule has 0 spiro atoms. The topological polar surface area (TPSA) is 62.6 Å². The van der Waals surface area contributed by atoms with Gasteiger partial charge in [0.05, 0.1) is 6.54 Å². The number of furan rings is 1. The van der Waals surface area contributed by atoms with Crippen molar-refractivity contribution in [3.8, 4) is 0 Å². The number of likely N-dealkylation sites (N-methyl/N-ethyl adjacent to an activating group) is 1. The smallest absolute Gasteiger partial charge is 0.247 e. The van der Waals surface area contributed by atoms with Gasteiger partial charge in [-0.05, 0) is 35.8 Å². The van der Waals surface area contributed by atoms with E-state index in [4.69, 9.17) is 4.42 Å². The van der Waals surface area contributed by atoms with Crippen LogP contribution in [0.1, 0.15) is 26.0 Å². The third kappa shape index (κ3) is 4.44. The maximum Gasteiger partial charge on any atom is 0.247 e. The van der Waals surface area contributed by atoms with Crippen molar-refractivity contribution in [1.29, 1.82) is 0 Å². The van der Waals surface area contributed by atoms with Gasteiger partial charge in [-0.15, -0.1) is 0 Å². The number of nitrogens with zero attached hydrogens (tertiary/aromatic N) is 1. The highest BCUT2D eigenvalue weighted by molar-refractivity contribution is 9.10. The molecule has 5 nitrogen and oxygen atoms in total. The Kier molecular flexibility index (Phi) is 6.44. The average Bonchev–Trinajstić information content (AvgIpc) is 2.70. The SMILES string of the molecule is C=C(C)CN(C)S(=O)(=O)c1cc(CNCCC)oc1Br. The Morgan fingerprint density at radius 2 is 2.20 bits per heavy atom. The first-order chi connectivity index (χ1) is 9.28. The largest absolute Gasteiger partial charge is 0.452 e. The molecule has 0 radical (unpaired) electrons. The van der Waals surface area contributed by atoms with Gasteiger partial charge in [0.2, 0.25) is 10.0 Å². The van der Waals surface area contributed by atoms with Crippen molar-refractivity contribution in [2.75, 3.05) is 20.1 Å². The first-order valence-electron chi connectivity index (χ1n) is 6.38. The molecule has 0 saturated heterocycles. The molecule has 0 saturated carbocycles. The Hall–Kier alpha value is -0.630. The van der Waals surface area contributed by atoms with Gasteiger partial charge in [0.1, 0.15) is 10.7 Å². The zero-order valence-electron chi connectivity index (χ0n) is 12.1. The molecule has 0 atom stereocenters. The van der Waals surface area contributed by atoms with E-state index in [-0.39, 0.29) is 16.1 Å². The van der Waals surface area contributed by atoms with Gasteiger partial charge < -0.3 is 9.73 Å². The minimum Gasteiger partial charge on any atom is -0.452 e. The third-order valence-corrected chi connectivity index (χ3v) is 5.27. The van der Waals surface area contributed by atoms with Gasteiger partial charge in [-0.1, -0.05) is 19.1 Å². The molecule has 0 aliphatic heterocycles. The van der Waals surface area contributed by atoms with Crippen LogP contribution in [0.2, 0.25) is 0 Å². The van der Waals surface area contributed by atoms with Gasteiger partial charge in [-0.25, -0.2) is 8.42 Å². The molecule has 1 aromatic heterocycles. The summed E-state index contributed by atoms with van der Waals surface area (Å²) in [5.74, 6) is 0.590. The second-order valence-corrected chi connectivity index (χ2v) is 7.48. The third-order valence-electron chi connectivity index (χ3n) is 2.61. The predicted octanol–water partition coefficient (Wildman–Crippen LogP) is 2.74. The summed E-state index contributed by atoms with van der Waals surface area (Å²) < 4.78 is 31.7. The molecule has 7 heteroatoms. The number of sulfonamides is 1. The number of rotatable bonds is 8. The molecule has 0 bridgehead atoms. The second kappa shape index (κ2) is 7.40. The Morgan fingerprint density at radius 3 is 2.75 bits per heavy atom. The first-order valence-corrected chi connectivity index (χ1v) is 8.62. The maximum atomic E-state index is 12.4. The summed E-state index contributed by atoms with van der Waals surface area (Å²) in [4.78, 5) is 0.148. The highest BCUT2D eigenvalue weighted by Gasteiger charge is 2.26. The van der Waals surface area contributed by atoms with Crippen LogP contribution in [0.3, 0.4) is 0 Å². The highest BCUT2D eigenvalue weighted by atomic mass is 79.9. The molecule has 0 aromatic carbocycles. The lowest BCUT2D eigenvalue weighted by Gasteiger charge is -2.15. The van der Waals surface area contributed by atoms with Crippen molar-refractivity contribution in [1.82, 2.24) is 9.62 Å². The van der Waals surface area contributed by atoms with Gasteiger partial charge in [-0.3, -0.25) is 0 Å². The summed E-state index contributed by atoms with van der Waals surface area (Å²) in [6, 6.07) is 1.55. The van der Waals surface area contributed by atoms with Crippen LogP contribution in [0.15, 0.2) is 32.2 Å². The summed E-state index contributed by atoms with van der Waals surface area (Å²) >= 11 is 3.17. The normalized spacial score (nSPS) is 12.1. The molecule has 1 aromatic rings. The van der Waals surface area contributed by atoms with Crippen molar-refractivity contribution in [3.05, 3.63) is 28.6 Å². The predicted molar refractivity (Wildman–Crippen MR) is 83.0 cm³/mol. The fourth-order valence-corrected chi connectivity index (χ4v) is 3.87. The molecular weight excluding hydrogens is 344 g/mol. The van der Waals surface area contributed by atoms with Crippen molar-refractivity contribution in [3.63, 3.8) is 0 Å². The van der Waals surface area contributed by atoms with Gasteiger partial charge in [0.25, 0.3) is 0 Å². The average molecular weight is 365 g/mol. The number of hydrogen-bond acceptors (Lipinski definition) is 4. The molecule has 1 N–H and O–H groups in total. The highest BCUT2D eigenvalue weighted by Crippen LogP contribution is 2.28. The zero-order chi connectivity index (χ0) is 15.3. The van der Waals surface area contributed by atoms with Crippen LogP contribution in [0, 0.1) is 0 Å². The van der Waals surface area contributed by atoms with E-state index in [1.807, 2.05) is 0 Å². The molecule has 1 heterocycles. The van der Waals surface area contributed by atoms with E-state index >= 15 is 0 Å². The lowest BCUT2D eigenvalue weighted by Crippen LogP contribution is -2.28. The molecule has 0 aliphatic carbocycles. The van der Waals surface area contributed by atoms with Crippen LogP contribution in [-0.4, -0.2) is 32.9 Å². The van der Waals surface area contributed by atoms with Crippen LogP contribution in [0.25, 0.3) is 0 Å². The summed E-state index contributed by atoms with van der Waals surface area (Å²) in [6.45, 7) is 9.22. The Balaban J connectivity index is 2.92. The Bertz CT molecular complexity index is 566. The number of hydrogen-bond donors (Lipinski definition) is 1. The lowest BCUT2D eigenvalue weighted by atomic mass is 10.4. The minimum absolute atomic E-state index is 0.148. The van der Waals surface area contributed by atoms with Crippen molar-refractivity contribution >= 4 is 26.0 Å². The Morgan fingerprint density at radius 1 is 1.55 bits per heavy atom. The molecule has 1 rings (SSSR count). The zero-order valence-corrected chi connectivity index (χ0v) is 14.5. The number of nitrogens with one attached hydrogen (secondary N) is 1. The molecule has 0 fully saturated rings. The summed E-state index contributed by atoms with van der Waals surface area (Å²) in [5, 5.41) is 3.17. The van der Waals surface area contributed by atoms with Crippen LogP contribution < -0.4 is 5.32 Å². The van der Waals surface area contributed by atoms with E-state index in [1.165, 1.54) is 11.4 Å². The molecule has 0 unspecified atom stereocenters. The van der Waals surface area contributed by atoms with Crippen molar-refractivity contribution < 1.29 is 12.8 Å². The summed E-state index contributed by atoms with van der Waals surface area (Å²) in [5.41, 5.74) is 0.778. The van der Waals surface area contributed by atoms with E-state index in [0.717, 1.165) is 18.5 Å². The van der Waals surface area contributed by atoms with E-state index in [9.17, 15) is 8.42 Å². The van der Waals surface area contributed by atoms with Gasteiger partial charge in [0, 0.05) is 19.7 Å². The quantitative estimate of drug-likeness (QED) is 0.568. The molecule has 114 valence electrons. The fraction of sp³-hybridized carbons (Fsp3) is 0.538. The van der Waals surface area contributed by atoms with Crippen molar-refractivity contribution in [2.24, 2.45) is 0 Å².